The van der Waals surface area contributed by atoms with Crippen LogP contribution >= 0.6 is 11.5 Å². The van der Waals surface area contributed by atoms with Gasteiger partial charge in [0.25, 0.3) is 0 Å². The maximum Gasteiger partial charge on any atom is 0.205 e. The Morgan fingerprint density at radius 2 is 1.74 bits per heavy atom. The molecule has 0 unspecified atom stereocenters. The zero-order chi connectivity index (χ0) is 18.8. The van der Waals surface area contributed by atoms with E-state index in [4.69, 9.17) is 0 Å². The van der Waals surface area contributed by atoms with Crippen molar-refractivity contribution < 1.29 is 0 Å². The molecule has 0 radical (unpaired) electrons. The van der Waals surface area contributed by atoms with Gasteiger partial charge in [-0.15, -0.1) is 10.2 Å². The molecule has 4 heterocycles. The minimum absolute atomic E-state index is 0.752. The van der Waals surface area contributed by atoms with Crippen molar-refractivity contribution in [3.05, 3.63) is 35.4 Å². The first kappa shape index (κ1) is 17.8. The van der Waals surface area contributed by atoms with Crippen molar-refractivity contribution in [2.75, 3.05) is 36.0 Å². The van der Waals surface area contributed by atoms with Gasteiger partial charge in [0.05, 0.1) is 5.69 Å². The molecule has 1 saturated heterocycles. The van der Waals surface area contributed by atoms with E-state index in [0.29, 0.717) is 0 Å². The van der Waals surface area contributed by atoms with Gasteiger partial charge in [-0.3, -0.25) is 0 Å². The van der Waals surface area contributed by atoms with Crippen molar-refractivity contribution >= 4 is 22.5 Å². The molecule has 3 aromatic rings. The summed E-state index contributed by atoms with van der Waals surface area (Å²) in [6.07, 6.45) is 1.94. The number of anilines is 2. The SMILES string of the molecule is CCc1nsc(N2CCCN(c3ccc(-n4nc(C)cc4C)nn3)CC2)n1. The normalized spacial score (nSPS) is 15.2. The third kappa shape index (κ3) is 3.78. The van der Waals surface area contributed by atoms with Crippen LogP contribution in [0, 0.1) is 13.8 Å². The Morgan fingerprint density at radius 3 is 2.41 bits per heavy atom. The topological polar surface area (TPSA) is 75.9 Å². The summed E-state index contributed by atoms with van der Waals surface area (Å²) in [7, 11) is 0. The summed E-state index contributed by atoms with van der Waals surface area (Å²) in [6.45, 7) is 9.86. The molecule has 0 bridgehead atoms. The van der Waals surface area contributed by atoms with Crippen LogP contribution in [-0.2, 0) is 6.42 Å². The van der Waals surface area contributed by atoms with Crippen LogP contribution in [-0.4, -0.2) is 55.5 Å². The fourth-order valence-electron chi connectivity index (χ4n) is 3.32. The highest BCUT2D eigenvalue weighted by Crippen LogP contribution is 2.21. The number of hydrogen-bond acceptors (Lipinski definition) is 8. The van der Waals surface area contributed by atoms with Gasteiger partial charge >= 0.3 is 0 Å². The van der Waals surface area contributed by atoms with E-state index in [0.717, 1.165) is 73.0 Å². The van der Waals surface area contributed by atoms with Gasteiger partial charge in [-0.2, -0.15) is 9.47 Å². The lowest BCUT2D eigenvalue weighted by Crippen LogP contribution is -2.31. The summed E-state index contributed by atoms with van der Waals surface area (Å²) in [6, 6.07) is 6.06. The van der Waals surface area contributed by atoms with Crippen molar-refractivity contribution in [2.24, 2.45) is 0 Å². The van der Waals surface area contributed by atoms with E-state index in [-0.39, 0.29) is 0 Å². The summed E-state index contributed by atoms with van der Waals surface area (Å²) < 4.78 is 6.24. The van der Waals surface area contributed by atoms with Crippen LogP contribution < -0.4 is 9.80 Å². The molecule has 0 aromatic carbocycles. The first-order valence-electron chi connectivity index (χ1n) is 9.34. The van der Waals surface area contributed by atoms with Crippen LogP contribution in [0.4, 0.5) is 10.9 Å². The van der Waals surface area contributed by atoms with Crippen LogP contribution in [0.1, 0.15) is 30.6 Å². The van der Waals surface area contributed by atoms with Gasteiger partial charge in [-0.1, -0.05) is 6.92 Å². The van der Waals surface area contributed by atoms with Crippen LogP contribution in [0.25, 0.3) is 5.82 Å². The first-order valence-corrected chi connectivity index (χ1v) is 10.1. The molecule has 1 fully saturated rings. The summed E-state index contributed by atoms with van der Waals surface area (Å²) in [5.74, 6) is 2.59. The number of aryl methyl sites for hydroxylation is 3. The lowest BCUT2D eigenvalue weighted by atomic mass is 10.3. The van der Waals surface area contributed by atoms with E-state index >= 15 is 0 Å². The standard InChI is InChI=1S/C18H24N8S/c1-4-15-19-18(27-23-15)25-9-5-8-24(10-11-25)16-6-7-17(21-20-16)26-14(3)12-13(2)22-26/h6-7,12H,4-5,8-11H2,1-3H3. The summed E-state index contributed by atoms with van der Waals surface area (Å²) in [5.41, 5.74) is 2.04. The molecule has 8 nitrogen and oxygen atoms in total. The Labute approximate surface area is 163 Å². The summed E-state index contributed by atoms with van der Waals surface area (Å²) >= 11 is 1.50. The van der Waals surface area contributed by atoms with Gasteiger partial charge in [-0.05, 0) is 38.5 Å². The van der Waals surface area contributed by atoms with Gasteiger partial charge in [0.2, 0.25) is 5.13 Å². The average molecular weight is 385 g/mol. The zero-order valence-corrected chi connectivity index (χ0v) is 16.8. The molecule has 1 aliphatic heterocycles. The Hall–Kier alpha value is -2.55. The predicted octanol–water partition coefficient (Wildman–Crippen LogP) is 2.41. The molecule has 3 aromatic heterocycles. The minimum Gasteiger partial charge on any atom is -0.353 e. The first-order chi connectivity index (χ1) is 13.1. The molecule has 1 aliphatic rings. The lowest BCUT2D eigenvalue weighted by molar-refractivity contribution is 0.755. The molecule has 9 heteroatoms. The monoisotopic (exact) mass is 384 g/mol. The summed E-state index contributed by atoms with van der Waals surface area (Å²) in [5, 5.41) is 14.4. The summed E-state index contributed by atoms with van der Waals surface area (Å²) in [4.78, 5) is 9.24. The van der Waals surface area contributed by atoms with Gasteiger partial charge in [-0.25, -0.2) is 9.67 Å². The predicted molar refractivity (Wildman–Crippen MR) is 107 cm³/mol. The lowest BCUT2D eigenvalue weighted by Gasteiger charge is -2.22. The molecule has 0 atom stereocenters. The van der Waals surface area contributed by atoms with Gasteiger partial charge < -0.3 is 9.80 Å². The van der Waals surface area contributed by atoms with Crippen molar-refractivity contribution in [1.29, 1.82) is 0 Å². The van der Waals surface area contributed by atoms with Crippen molar-refractivity contribution in [1.82, 2.24) is 29.3 Å². The molecule has 0 N–H and O–H groups in total. The highest BCUT2D eigenvalue weighted by molar-refractivity contribution is 7.09. The number of hydrogen-bond donors (Lipinski definition) is 0. The Morgan fingerprint density at radius 1 is 1.00 bits per heavy atom. The Bertz CT molecular complexity index is 900. The molecule has 142 valence electrons. The number of rotatable bonds is 4. The van der Waals surface area contributed by atoms with Crippen molar-refractivity contribution in [2.45, 2.75) is 33.6 Å². The highest BCUT2D eigenvalue weighted by atomic mass is 32.1. The molecule has 0 aliphatic carbocycles. The molecular formula is C18H24N8S. The number of nitrogens with zero attached hydrogens (tertiary/aromatic N) is 8. The van der Waals surface area contributed by atoms with Crippen molar-refractivity contribution in [3.63, 3.8) is 0 Å². The van der Waals surface area contributed by atoms with E-state index < -0.39 is 0 Å². The van der Waals surface area contributed by atoms with Crippen LogP contribution in [0.2, 0.25) is 0 Å². The van der Waals surface area contributed by atoms with Crippen LogP contribution in [0.3, 0.4) is 0 Å². The van der Waals surface area contributed by atoms with Crippen LogP contribution in [0.15, 0.2) is 18.2 Å². The third-order valence-corrected chi connectivity index (χ3v) is 5.54. The fraction of sp³-hybridized carbons (Fsp3) is 0.500. The molecule has 27 heavy (non-hydrogen) atoms. The zero-order valence-electron chi connectivity index (χ0n) is 16.0. The van der Waals surface area contributed by atoms with Crippen LogP contribution in [0.5, 0.6) is 0 Å². The second kappa shape index (κ2) is 7.59. The second-order valence-electron chi connectivity index (χ2n) is 6.76. The van der Waals surface area contributed by atoms with Gasteiger partial charge in [0.15, 0.2) is 11.6 Å². The quantitative estimate of drug-likeness (QED) is 0.684. The second-order valence-corrected chi connectivity index (χ2v) is 7.49. The van der Waals surface area contributed by atoms with E-state index in [1.807, 2.05) is 36.7 Å². The number of aromatic nitrogens is 6. The van der Waals surface area contributed by atoms with Crippen molar-refractivity contribution in [3.8, 4) is 5.82 Å². The maximum absolute atomic E-state index is 4.62. The fourth-order valence-corrected chi connectivity index (χ4v) is 4.12. The molecule has 0 saturated carbocycles. The van der Waals surface area contributed by atoms with E-state index in [1.54, 1.807) is 0 Å². The average Bonchev–Trinajstić information content (AvgIpc) is 3.20. The molecule has 4 rings (SSSR count). The van der Waals surface area contributed by atoms with E-state index in [1.165, 1.54) is 11.5 Å². The molecule has 0 amide bonds. The smallest absolute Gasteiger partial charge is 0.205 e. The van der Waals surface area contributed by atoms with E-state index in [2.05, 4.69) is 41.4 Å². The largest absolute Gasteiger partial charge is 0.353 e. The highest BCUT2D eigenvalue weighted by Gasteiger charge is 2.19. The maximum atomic E-state index is 4.62. The molecule has 0 spiro atoms. The molecular weight excluding hydrogens is 360 g/mol. The Kier molecular flexibility index (Phi) is 5.02. The van der Waals surface area contributed by atoms with Gasteiger partial charge in [0.1, 0.15) is 5.82 Å². The Balaban J connectivity index is 1.45. The minimum atomic E-state index is 0.752. The van der Waals surface area contributed by atoms with E-state index in [9.17, 15) is 0 Å². The third-order valence-electron chi connectivity index (χ3n) is 4.73. The van der Waals surface area contributed by atoms with Gasteiger partial charge in [0, 0.05) is 49.8 Å².